The lowest BCUT2D eigenvalue weighted by atomic mass is 9.91. The molecular weight excluding hydrogens is 1890 g/mol. The van der Waals surface area contributed by atoms with E-state index in [1.807, 2.05) is 363 Å². The molecule has 3 aromatic heterocycles. The standard InChI is InChI=1S/C50H55N3O5S.C28H33NO4S.C25H28N2O3.C22H22N2O/c1-36-29-37(2)49(38(3)30-36)59(56,57)53(35-43-23-14-8-15-24-43)40(5)48(45-26-16-9-17-27-45)58-50(55)39(4)47(54)46(31-44-25-18-28-51-32-44)52(33-41-19-10-6-11-20-41)34-42-21-12-7-13-22-42;1-6-26(30)33-27(25-15-11-8-12-16-25)23(5)29(19-24-13-9-7-10-14-24)34(31,32)28-21(3)17-20(2)18-22(28)4;1-19(25(29)30)24(28)23(15-22-13-8-14-26-16-22)27(17-20-9-4-2-5-10-20)18-21-11-6-3-7-12-21;25-18-22(14-21-12-7-13-23-15-21)24(16-19-8-3-1-4-9-19)17-20-10-5-2-6-11-20/h6-30,32,39-40,46-48,54H,31,33-35H2,1-5H3;7-18,23,27H,6,19H2,1-5H3;2-14,16,19,23-24,28H,15,17-18H2,1H3,(H,29,30);1-13,15,18,22H,14,16-17H2/t39-,40+,46+,47+,48+;23-,27-;19-,23+,24+;22-/m1010/s1. The number of carbonyl (C=O) groups excluding carboxylic acids is 3. The molecule has 0 fully saturated rings. The summed E-state index contributed by atoms with van der Waals surface area (Å²) < 4.78 is 73.6. The van der Waals surface area contributed by atoms with Crippen molar-refractivity contribution in [1.29, 1.82) is 0 Å². The Morgan fingerprint density at radius 2 is 0.581 bits per heavy atom. The van der Waals surface area contributed by atoms with Crippen molar-refractivity contribution in [2.45, 2.75) is 219 Å². The number of aliphatic carboxylic acids is 1. The van der Waals surface area contributed by atoms with Gasteiger partial charge in [-0.1, -0.05) is 364 Å². The number of esters is 2. The number of carbonyl (C=O) groups is 4. The van der Waals surface area contributed by atoms with E-state index in [4.69, 9.17) is 9.47 Å². The molecule has 0 aliphatic rings. The van der Waals surface area contributed by atoms with Gasteiger partial charge in [-0.3, -0.25) is 44.0 Å². The molecule has 0 saturated carbocycles. The number of benzene rings is 12. The summed E-state index contributed by atoms with van der Waals surface area (Å²) in [6.07, 6.45) is 9.46. The lowest BCUT2D eigenvalue weighted by molar-refractivity contribution is -0.162. The summed E-state index contributed by atoms with van der Waals surface area (Å²) in [5.74, 6) is -3.89. The molecule has 21 nitrogen and oxygen atoms in total. The van der Waals surface area contributed by atoms with Crippen molar-refractivity contribution < 1.29 is 60.8 Å². The average molecular weight is 2020 g/mol. The van der Waals surface area contributed by atoms with Gasteiger partial charge < -0.3 is 29.6 Å². The van der Waals surface area contributed by atoms with Crippen LogP contribution in [0, 0.1) is 53.4 Å². The molecule has 0 saturated heterocycles. The molecule has 0 amide bonds. The molecule has 0 spiro atoms. The molecule has 3 N–H and O–H groups in total. The number of nitrogens with zero attached hydrogens (tertiary/aromatic N) is 8. The summed E-state index contributed by atoms with van der Waals surface area (Å²) in [5, 5.41) is 33.1. The summed E-state index contributed by atoms with van der Waals surface area (Å²) in [6, 6.07) is 115. The number of hydrogen-bond donors (Lipinski definition) is 3. The highest BCUT2D eigenvalue weighted by atomic mass is 32.2. The van der Waals surface area contributed by atoms with Gasteiger partial charge in [-0.05, 0) is 201 Å². The molecule has 0 aliphatic heterocycles. The SMILES string of the molecule is CCC(=O)O[C@H](c1ccccc1)[C@H](C)N(Cc1ccccc1)S(=O)(=O)c1c(C)cc(C)cc1C.C[C@@H](C(=O)O)[C@H](O)[C@H](Cc1cccnc1)N(Cc1ccccc1)Cc1ccccc1.Cc1cc(C)c(S(=O)(=O)N(Cc2ccccc2)[C@@H](C)[C@H](OC(=O)[C@H](C)[C@H](O)[C@H](Cc2cccnc2)N(Cc2ccccc2)Cc2ccccc2)c2ccccc2)c(C)c1.O=C[C@H](Cc1cccnc1)N(Cc1ccccc1)Cc1ccccc1. The molecule has 3 heterocycles. The lowest BCUT2D eigenvalue weighted by Gasteiger charge is -2.38. The van der Waals surface area contributed by atoms with Crippen molar-refractivity contribution in [3.63, 3.8) is 0 Å². The molecular formula is C125H138N8O13S2. The summed E-state index contributed by atoms with van der Waals surface area (Å²) >= 11 is 0. The van der Waals surface area contributed by atoms with Crippen LogP contribution in [-0.4, -0.2) is 137 Å². The van der Waals surface area contributed by atoms with Gasteiger partial charge in [-0.15, -0.1) is 0 Å². The number of sulfonamides is 2. The quantitative estimate of drug-likeness (QED) is 0.0236. The number of ether oxygens (including phenoxy) is 2. The monoisotopic (exact) mass is 2020 g/mol. The molecule has 0 radical (unpaired) electrons. The van der Waals surface area contributed by atoms with Crippen molar-refractivity contribution in [3.05, 3.63) is 507 Å². The van der Waals surface area contributed by atoms with E-state index in [0.29, 0.717) is 78.2 Å². The number of hydrogen-bond acceptors (Lipinski definition) is 18. The highest BCUT2D eigenvalue weighted by Gasteiger charge is 2.43. The Balaban J connectivity index is 0.000000187. The molecule has 768 valence electrons. The maximum absolute atomic E-state index is 15.0. The summed E-state index contributed by atoms with van der Waals surface area (Å²) in [6.45, 7) is 23.7. The van der Waals surface area contributed by atoms with Crippen molar-refractivity contribution in [2.24, 2.45) is 11.8 Å². The number of carboxylic acid groups (broad SMARTS) is 1. The Kier molecular flexibility index (Phi) is 43.1. The van der Waals surface area contributed by atoms with Crippen molar-refractivity contribution >= 4 is 44.2 Å². The second kappa shape index (κ2) is 56.6. The number of aliphatic hydroxyl groups excluding tert-OH is 2. The van der Waals surface area contributed by atoms with Crippen LogP contribution in [0.5, 0.6) is 0 Å². The third-order valence-corrected chi connectivity index (χ3v) is 31.0. The van der Waals surface area contributed by atoms with Crippen LogP contribution in [0.3, 0.4) is 0 Å². The van der Waals surface area contributed by atoms with E-state index in [9.17, 15) is 51.3 Å². The summed E-state index contributed by atoms with van der Waals surface area (Å²) in [7, 11) is -8.07. The maximum Gasteiger partial charge on any atom is 0.312 e. The van der Waals surface area contributed by atoms with Gasteiger partial charge in [0.2, 0.25) is 20.0 Å². The van der Waals surface area contributed by atoms with Crippen LogP contribution < -0.4 is 0 Å². The predicted octanol–water partition coefficient (Wildman–Crippen LogP) is 22.7. The largest absolute Gasteiger partial charge is 0.481 e. The van der Waals surface area contributed by atoms with Crippen molar-refractivity contribution in [3.8, 4) is 0 Å². The third kappa shape index (κ3) is 32.9. The highest BCUT2D eigenvalue weighted by molar-refractivity contribution is 7.89. The van der Waals surface area contributed by atoms with E-state index in [1.54, 1.807) is 65.6 Å². The smallest absolute Gasteiger partial charge is 0.312 e. The van der Waals surface area contributed by atoms with Crippen LogP contribution in [0.4, 0.5) is 0 Å². The summed E-state index contributed by atoms with van der Waals surface area (Å²) in [5.41, 5.74) is 17.4. The average Bonchev–Trinajstić information content (AvgIpc) is 0.765. The zero-order chi connectivity index (χ0) is 105. The van der Waals surface area contributed by atoms with Crippen LogP contribution in [0.15, 0.2) is 411 Å². The topological polar surface area (TPSA) is 271 Å². The Morgan fingerprint density at radius 3 is 0.845 bits per heavy atom. The van der Waals surface area contributed by atoms with Gasteiger partial charge in [0.05, 0.1) is 52.0 Å². The number of aromatic nitrogens is 3. The number of carboxylic acids is 1. The van der Waals surface area contributed by atoms with Crippen LogP contribution in [0.2, 0.25) is 0 Å². The lowest BCUT2D eigenvalue weighted by Crippen LogP contribution is -2.49. The molecule has 12 aromatic carbocycles. The minimum absolute atomic E-state index is 0.0529. The molecule has 0 aliphatic carbocycles. The van der Waals surface area contributed by atoms with Crippen molar-refractivity contribution in [2.75, 3.05) is 0 Å². The molecule has 0 unspecified atom stereocenters. The van der Waals surface area contributed by atoms with Crippen LogP contribution in [-0.2, 0) is 120 Å². The second-order valence-corrected chi connectivity index (χ2v) is 41.7. The Hall–Kier alpha value is -14.2. The first kappa shape index (κ1) is 113. The third-order valence-electron chi connectivity index (χ3n) is 26.5. The van der Waals surface area contributed by atoms with E-state index in [-0.39, 0.29) is 42.5 Å². The van der Waals surface area contributed by atoms with Gasteiger partial charge in [0, 0.05) is 108 Å². The zero-order valence-corrected chi connectivity index (χ0v) is 88.0. The second-order valence-electron chi connectivity index (χ2n) is 38.0. The Bertz CT molecular complexity index is 6640. The minimum atomic E-state index is -4.14. The van der Waals surface area contributed by atoms with E-state index < -0.39 is 86.4 Å². The Morgan fingerprint density at radius 1 is 0.331 bits per heavy atom. The van der Waals surface area contributed by atoms with E-state index in [2.05, 4.69) is 78.2 Å². The van der Waals surface area contributed by atoms with Gasteiger partial charge in [-0.2, -0.15) is 8.61 Å². The minimum Gasteiger partial charge on any atom is -0.481 e. The molecule has 148 heavy (non-hydrogen) atoms. The van der Waals surface area contributed by atoms with Crippen LogP contribution >= 0.6 is 0 Å². The van der Waals surface area contributed by atoms with Crippen LogP contribution in [0.1, 0.15) is 159 Å². The van der Waals surface area contributed by atoms with E-state index in [1.165, 1.54) is 19.7 Å². The molecule has 0 bridgehead atoms. The fourth-order valence-corrected chi connectivity index (χ4v) is 23.0. The van der Waals surface area contributed by atoms with Gasteiger partial charge in [-0.25, -0.2) is 16.8 Å². The first-order valence-corrected chi connectivity index (χ1v) is 53.3. The fraction of sp³-hybridized carbons (Fsp3) is 0.272. The highest BCUT2D eigenvalue weighted by Crippen LogP contribution is 2.39. The number of rotatable bonds is 45. The number of aryl methyl sites for hydroxylation is 6. The van der Waals surface area contributed by atoms with Crippen LogP contribution in [0.25, 0.3) is 0 Å². The van der Waals surface area contributed by atoms with E-state index >= 15 is 0 Å². The first-order valence-electron chi connectivity index (χ1n) is 50.4. The molecule has 11 atom stereocenters. The summed E-state index contributed by atoms with van der Waals surface area (Å²) in [4.78, 5) is 70.4. The van der Waals surface area contributed by atoms with Gasteiger partial charge in [0.25, 0.3) is 0 Å². The van der Waals surface area contributed by atoms with Gasteiger partial charge in [0.15, 0.2) is 0 Å². The predicted molar refractivity (Wildman–Crippen MR) is 585 cm³/mol. The van der Waals surface area contributed by atoms with E-state index in [0.717, 1.165) is 86.1 Å². The normalized spacial score (nSPS) is 13.7. The Labute approximate surface area is 874 Å². The molecule has 15 rings (SSSR count). The number of aldehydes is 1. The zero-order valence-electron chi connectivity index (χ0n) is 86.3. The van der Waals surface area contributed by atoms with Gasteiger partial charge >= 0.3 is 17.9 Å². The van der Waals surface area contributed by atoms with Gasteiger partial charge in [0.1, 0.15) is 18.5 Å². The number of pyridine rings is 3. The molecule has 15 aromatic rings. The first-order chi connectivity index (χ1) is 71.5. The van der Waals surface area contributed by atoms with Crippen molar-refractivity contribution in [1.82, 2.24) is 38.3 Å². The fourth-order valence-electron chi connectivity index (χ4n) is 18.9. The molecule has 23 heteroatoms. The number of aliphatic hydroxyl groups is 2. The maximum atomic E-state index is 15.0.